The van der Waals surface area contributed by atoms with Crippen molar-refractivity contribution in [2.75, 3.05) is 13.2 Å². The average Bonchev–Trinajstić information content (AvgIpc) is 3.18. The summed E-state index contributed by atoms with van der Waals surface area (Å²) in [5.41, 5.74) is 2.82. The molecule has 4 rings (SSSR count). The maximum Gasteiger partial charge on any atom is 0.340 e. The molecular formula is C23H23F5N2O. The van der Waals surface area contributed by atoms with Crippen molar-refractivity contribution in [1.29, 1.82) is 0 Å². The predicted molar refractivity (Wildman–Crippen MR) is 108 cm³/mol. The van der Waals surface area contributed by atoms with E-state index in [1.165, 1.54) is 12.1 Å². The molecule has 0 radical (unpaired) electrons. The summed E-state index contributed by atoms with van der Waals surface area (Å²) in [6.07, 6.45) is -1.84. The third-order valence-corrected chi connectivity index (χ3v) is 5.74. The van der Waals surface area contributed by atoms with Crippen LogP contribution in [0.2, 0.25) is 0 Å². The third-order valence-electron chi connectivity index (χ3n) is 5.74. The van der Waals surface area contributed by atoms with Gasteiger partial charge in [0.25, 0.3) is 0 Å². The van der Waals surface area contributed by atoms with Crippen LogP contribution in [0.4, 0.5) is 22.0 Å². The lowest BCUT2D eigenvalue weighted by atomic mass is 9.88. The van der Waals surface area contributed by atoms with Gasteiger partial charge in [-0.25, -0.2) is 13.2 Å². The number of piperidine rings is 1. The van der Waals surface area contributed by atoms with Gasteiger partial charge in [-0.2, -0.15) is 8.78 Å². The molecule has 31 heavy (non-hydrogen) atoms. The first-order valence-electron chi connectivity index (χ1n) is 10.2. The number of likely N-dealkylation sites (tertiary alicyclic amines) is 1. The highest BCUT2D eigenvalue weighted by Gasteiger charge is 2.41. The molecule has 1 aliphatic heterocycles. The summed E-state index contributed by atoms with van der Waals surface area (Å²) >= 11 is 0. The van der Waals surface area contributed by atoms with Crippen molar-refractivity contribution in [2.24, 2.45) is 0 Å². The smallest absolute Gasteiger partial charge is 0.340 e. The van der Waals surface area contributed by atoms with Gasteiger partial charge in [0.15, 0.2) is 12.9 Å². The van der Waals surface area contributed by atoms with Crippen molar-refractivity contribution < 1.29 is 26.7 Å². The fraction of sp³-hybridized carbons (Fsp3) is 0.391. The summed E-state index contributed by atoms with van der Waals surface area (Å²) < 4.78 is 70.5. The second-order valence-corrected chi connectivity index (χ2v) is 7.91. The Balaban J connectivity index is 1.37. The van der Waals surface area contributed by atoms with E-state index in [0.717, 1.165) is 22.9 Å². The molecule has 1 N–H and O–H groups in total. The molecule has 1 aliphatic rings. The number of aromatic nitrogens is 1. The van der Waals surface area contributed by atoms with Crippen LogP contribution in [0.15, 0.2) is 54.7 Å². The van der Waals surface area contributed by atoms with Gasteiger partial charge in [0.05, 0.1) is 0 Å². The number of nitrogens with one attached hydrogen (secondary N) is 1. The molecule has 0 bridgehead atoms. The highest BCUT2D eigenvalue weighted by atomic mass is 19.3. The second kappa shape index (κ2) is 8.86. The lowest BCUT2D eigenvalue weighted by molar-refractivity contribution is -0.148. The number of benzene rings is 2. The quantitative estimate of drug-likeness (QED) is 0.356. The molecule has 0 amide bonds. The number of ether oxygens (including phenoxy) is 1. The maximum absolute atomic E-state index is 15.0. The number of H-pyrrole nitrogens is 1. The lowest BCUT2D eigenvalue weighted by Gasteiger charge is -2.35. The Morgan fingerprint density at radius 3 is 2.71 bits per heavy atom. The summed E-state index contributed by atoms with van der Waals surface area (Å²) in [6, 6.07) is 14.2. The Morgan fingerprint density at radius 1 is 1.13 bits per heavy atom. The van der Waals surface area contributed by atoms with Gasteiger partial charge in [0.1, 0.15) is 5.75 Å². The van der Waals surface area contributed by atoms with Crippen LogP contribution >= 0.6 is 0 Å². The summed E-state index contributed by atoms with van der Waals surface area (Å²) in [5.74, 6) is -4.06. The van der Waals surface area contributed by atoms with Gasteiger partial charge in [-0.3, -0.25) is 4.90 Å². The molecular weight excluding hydrogens is 415 g/mol. The number of rotatable bonds is 7. The minimum absolute atomic E-state index is 0.0573. The molecule has 0 aliphatic carbocycles. The number of hydrogen-bond donors (Lipinski definition) is 1. The van der Waals surface area contributed by atoms with Gasteiger partial charge >= 0.3 is 12.3 Å². The van der Waals surface area contributed by atoms with Gasteiger partial charge in [0.2, 0.25) is 0 Å². The molecule has 2 aromatic carbocycles. The van der Waals surface area contributed by atoms with Crippen LogP contribution in [0, 0.1) is 0 Å². The zero-order valence-electron chi connectivity index (χ0n) is 16.7. The average molecular weight is 438 g/mol. The van der Waals surface area contributed by atoms with Crippen molar-refractivity contribution in [2.45, 2.75) is 43.9 Å². The minimum Gasteiger partial charge on any atom is -0.487 e. The van der Waals surface area contributed by atoms with Crippen LogP contribution in [-0.4, -0.2) is 41.7 Å². The number of halogens is 5. The molecule has 8 heteroatoms. The second-order valence-electron chi connectivity index (χ2n) is 7.91. The van der Waals surface area contributed by atoms with E-state index < -0.39 is 25.3 Å². The lowest BCUT2D eigenvalue weighted by Crippen LogP contribution is -2.38. The molecule has 2 heterocycles. The van der Waals surface area contributed by atoms with E-state index in [0.29, 0.717) is 18.5 Å². The topological polar surface area (TPSA) is 28.3 Å². The molecule has 1 saturated heterocycles. The highest BCUT2D eigenvalue weighted by molar-refractivity contribution is 5.83. The number of fused-ring (bicyclic) bond motifs is 1. The van der Waals surface area contributed by atoms with E-state index >= 15 is 0 Å². The zero-order chi connectivity index (χ0) is 22.0. The Bertz CT molecular complexity index is 1020. The Kier molecular flexibility index (Phi) is 6.18. The van der Waals surface area contributed by atoms with E-state index in [9.17, 15) is 22.0 Å². The Morgan fingerprint density at radius 2 is 1.94 bits per heavy atom. The minimum atomic E-state index is -4.22. The van der Waals surface area contributed by atoms with Crippen molar-refractivity contribution in [1.82, 2.24) is 9.88 Å². The molecule has 2 unspecified atom stereocenters. The van der Waals surface area contributed by atoms with Gasteiger partial charge in [-0.1, -0.05) is 30.3 Å². The van der Waals surface area contributed by atoms with Gasteiger partial charge in [0, 0.05) is 30.2 Å². The first kappa shape index (κ1) is 21.6. The summed E-state index contributed by atoms with van der Waals surface area (Å²) in [6.45, 7) is -0.583. The van der Waals surface area contributed by atoms with Crippen molar-refractivity contribution in [3.05, 3.63) is 65.9 Å². The van der Waals surface area contributed by atoms with Crippen LogP contribution in [0.1, 0.15) is 29.9 Å². The third kappa shape index (κ3) is 4.84. The number of alkyl halides is 5. The Labute approximate surface area is 176 Å². The molecule has 1 aromatic heterocycles. The molecule has 166 valence electrons. The van der Waals surface area contributed by atoms with Crippen molar-refractivity contribution >= 4 is 10.9 Å². The van der Waals surface area contributed by atoms with Crippen LogP contribution in [0.5, 0.6) is 5.75 Å². The maximum atomic E-state index is 15.0. The number of para-hydroxylation sites is 1. The summed E-state index contributed by atoms with van der Waals surface area (Å²) in [4.78, 5) is 4.93. The van der Waals surface area contributed by atoms with Gasteiger partial charge < -0.3 is 9.72 Å². The normalized spacial score (nSPS) is 20.5. The number of nitrogens with zero attached hydrogens (tertiary/aromatic N) is 1. The summed E-state index contributed by atoms with van der Waals surface area (Å²) in [5, 5.41) is 1.11. The largest absolute Gasteiger partial charge is 0.487 e. The molecule has 0 spiro atoms. The zero-order valence-corrected chi connectivity index (χ0v) is 16.7. The van der Waals surface area contributed by atoms with E-state index in [2.05, 4.69) is 4.98 Å². The van der Waals surface area contributed by atoms with Crippen LogP contribution in [0.3, 0.4) is 0 Å². The van der Waals surface area contributed by atoms with E-state index in [1.807, 2.05) is 30.5 Å². The monoisotopic (exact) mass is 438 g/mol. The molecule has 3 aromatic rings. The number of hydrogen-bond acceptors (Lipinski definition) is 2. The SMILES string of the molecule is FC1CC(c2c[nH]c3ccccc23)CCN1Cc1cccc(OCC(F)(F)C(F)F)c1. The first-order chi connectivity index (χ1) is 14.8. The fourth-order valence-electron chi connectivity index (χ4n) is 4.07. The van der Waals surface area contributed by atoms with Crippen LogP contribution < -0.4 is 4.74 Å². The van der Waals surface area contributed by atoms with Crippen molar-refractivity contribution in [3.8, 4) is 5.75 Å². The molecule has 1 fully saturated rings. The standard InChI is InChI=1S/C23H23F5N2O/c24-21-11-16(19-12-29-20-7-2-1-6-18(19)20)8-9-30(21)13-15-4-3-5-17(10-15)31-14-23(27,28)22(25)26/h1-7,10,12,16,21-22,29H,8-9,11,13-14H2. The Hall–Kier alpha value is -2.61. The number of aromatic amines is 1. The van der Waals surface area contributed by atoms with Crippen LogP contribution in [-0.2, 0) is 6.54 Å². The molecule has 0 saturated carbocycles. The summed E-state index contributed by atoms with van der Waals surface area (Å²) in [7, 11) is 0. The van der Waals surface area contributed by atoms with Crippen molar-refractivity contribution in [3.63, 3.8) is 0 Å². The van der Waals surface area contributed by atoms with Gasteiger partial charge in [-0.05, 0) is 48.1 Å². The van der Waals surface area contributed by atoms with E-state index in [1.54, 1.807) is 17.0 Å². The van der Waals surface area contributed by atoms with Crippen LogP contribution in [0.25, 0.3) is 10.9 Å². The van der Waals surface area contributed by atoms with Gasteiger partial charge in [-0.15, -0.1) is 0 Å². The first-order valence-corrected chi connectivity index (χ1v) is 10.2. The fourth-order valence-corrected chi connectivity index (χ4v) is 4.07. The van der Waals surface area contributed by atoms with E-state index in [-0.39, 0.29) is 18.2 Å². The van der Waals surface area contributed by atoms with E-state index in [4.69, 9.17) is 4.74 Å². The molecule has 2 atom stereocenters. The molecule has 3 nitrogen and oxygen atoms in total. The predicted octanol–water partition coefficient (Wildman–Crippen LogP) is 6.12. The highest BCUT2D eigenvalue weighted by Crippen LogP contribution is 2.36.